The van der Waals surface area contributed by atoms with Crippen LogP contribution in [0.1, 0.15) is 16.7 Å². The van der Waals surface area contributed by atoms with Crippen molar-refractivity contribution in [3.8, 4) is 28.6 Å². The molecule has 1 heterocycles. The Kier molecular flexibility index (Phi) is 5.80. The number of benzene rings is 3. The number of carbonyl (C=O) groups excluding carboxylic acids is 1. The third-order valence-electron chi connectivity index (χ3n) is 4.87. The fourth-order valence-electron chi connectivity index (χ4n) is 3.06. The fourth-order valence-corrected chi connectivity index (χ4v) is 3.06. The summed E-state index contributed by atoms with van der Waals surface area (Å²) in [5.74, 6) is 1.34. The van der Waals surface area contributed by atoms with E-state index in [0.29, 0.717) is 17.5 Å². The standard InChI is InChI=1S/C25H23N3O3/c1-16-5-8-19(9-6-16)24-27-25(31-28-24)20-10-12-21(13-11-20)30-15-23(29)26-22-14-17(2)4-7-18(22)3/h4-14H,15H2,1-3H3,(H,26,29). The van der Waals surface area contributed by atoms with Gasteiger partial charge >= 0.3 is 0 Å². The highest BCUT2D eigenvalue weighted by molar-refractivity contribution is 5.92. The Hall–Kier alpha value is -3.93. The predicted molar refractivity (Wildman–Crippen MR) is 120 cm³/mol. The predicted octanol–water partition coefficient (Wildman–Crippen LogP) is 5.35. The Morgan fingerprint density at radius 3 is 2.32 bits per heavy atom. The van der Waals surface area contributed by atoms with Gasteiger partial charge in [0, 0.05) is 16.8 Å². The molecule has 0 radical (unpaired) electrons. The minimum absolute atomic E-state index is 0.0785. The first-order valence-corrected chi connectivity index (χ1v) is 9.99. The van der Waals surface area contributed by atoms with E-state index in [4.69, 9.17) is 9.26 Å². The first-order chi connectivity index (χ1) is 15.0. The second kappa shape index (κ2) is 8.83. The molecule has 0 saturated heterocycles. The van der Waals surface area contributed by atoms with E-state index in [-0.39, 0.29) is 12.5 Å². The minimum atomic E-state index is -0.211. The molecule has 0 aliphatic carbocycles. The lowest BCUT2D eigenvalue weighted by atomic mass is 10.1. The van der Waals surface area contributed by atoms with Gasteiger partial charge in [-0.3, -0.25) is 4.79 Å². The second-order valence-corrected chi connectivity index (χ2v) is 7.47. The number of ether oxygens (including phenoxy) is 1. The first kappa shape index (κ1) is 20.3. The molecule has 0 aliphatic rings. The lowest BCUT2D eigenvalue weighted by Crippen LogP contribution is -2.20. The first-order valence-electron chi connectivity index (χ1n) is 9.99. The van der Waals surface area contributed by atoms with Gasteiger partial charge in [0.05, 0.1) is 0 Å². The van der Waals surface area contributed by atoms with E-state index >= 15 is 0 Å². The smallest absolute Gasteiger partial charge is 0.262 e. The van der Waals surface area contributed by atoms with Crippen LogP contribution in [0.25, 0.3) is 22.8 Å². The van der Waals surface area contributed by atoms with E-state index in [1.807, 2.05) is 75.4 Å². The molecule has 0 fully saturated rings. The minimum Gasteiger partial charge on any atom is -0.484 e. The summed E-state index contributed by atoms with van der Waals surface area (Å²) in [6.45, 7) is 5.89. The molecule has 0 unspecified atom stereocenters. The van der Waals surface area contributed by atoms with E-state index in [0.717, 1.165) is 27.9 Å². The van der Waals surface area contributed by atoms with Crippen molar-refractivity contribution in [2.24, 2.45) is 0 Å². The van der Waals surface area contributed by atoms with Gasteiger partial charge in [0.15, 0.2) is 6.61 Å². The van der Waals surface area contributed by atoms with Crippen molar-refractivity contribution in [3.05, 3.63) is 83.4 Å². The van der Waals surface area contributed by atoms with E-state index < -0.39 is 0 Å². The summed E-state index contributed by atoms with van der Waals surface area (Å²) >= 11 is 0. The van der Waals surface area contributed by atoms with Crippen molar-refractivity contribution in [3.63, 3.8) is 0 Å². The zero-order valence-corrected chi connectivity index (χ0v) is 17.7. The normalized spacial score (nSPS) is 10.7. The van der Waals surface area contributed by atoms with Crippen LogP contribution >= 0.6 is 0 Å². The summed E-state index contributed by atoms with van der Waals surface area (Å²) in [5.41, 5.74) is 5.74. The fraction of sp³-hybridized carbons (Fsp3) is 0.160. The largest absolute Gasteiger partial charge is 0.484 e. The number of nitrogens with one attached hydrogen (secondary N) is 1. The highest BCUT2D eigenvalue weighted by atomic mass is 16.5. The van der Waals surface area contributed by atoms with Crippen LogP contribution in [0, 0.1) is 20.8 Å². The van der Waals surface area contributed by atoms with Crippen LogP contribution in [0.2, 0.25) is 0 Å². The summed E-state index contributed by atoms with van der Waals surface area (Å²) in [5, 5.41) is 6.94. The Labute approximate surface area is 180 Å². The third kappa shape index (κ3) is 4.98. The number of aromatic nitrogens is 2. The summed E-state index contributed by atoms with van der Waals surface area (Å²) < 4.78 is 11.0. The van der Waals surface area contributed by atoms with Gasteiger partial charge in [-0.1, -0.05) is 47.1 Å². The van der Waals surface area contributed by atoms with Crippen LogP contribution in [0.5, 0.6) is 5.75 Å². The maximum atomic E-state index is 12.2. The summed E-state index contributed by atoms with van der Waals surface area (Å²) in [4.78, 5) is 16.7. The second-order valence-electron chi connectivity index (χ2n) is 7.47. The van der Waals surface area contributed by atoms with Crippen LogP contribution in [-0.2, 0) is 4.79 Å². The van der Waals surface area contributed by atoms with Crippen molar-refractivity contribution in [2.75, 3.05) is 11.9 Å². The molecule has 1 aromatic heterocycles. The maximum absolute atomic E-state index is 12.2. The Morgan fingerprint density at radius 1 is 0.903 bits per heavy atom. The van der Waals surface area contributed by atoms with Gasteiger partial charge in [0.2, 0.25) is 5.82 Å². The van der Waals surface area contributed by atoms with Gasteiger partial charge in [-0.05, 0) is 62.2 Å². The van der Waals surface area contributed by atoms with Crippen LogP contribution in [-0.4, -0.2) is 22.7 Å². The monoisotopic (exact) mass is 413 g/mol. The number of aryl methyl sites for hydroxylation is 3. The molecule has 6 nitrogen and oxygen atoms in total. The summed E-state index contributed by atoms with van der Waals surface area (Å²) in [7, 11) is 0. The topological polar surface area (TPSA) is 77.2 Å². The molecular weight excluding hydrogens is 390 g/mol. The molecule has 156 valence electrons. The Morgan fingerprint density at radius 2 is 1.58 bits per heavy atom. The van der Waals surface area contributed by atoms with Crippen molar-refractivity contribution >= 4 is 11.6 Å². The average molecular weight is 413 g/mol. The molecule has 3 aromatic carbocycles. The number of amides is 1. The SMILES string of the molecule is Cc1ccc(-c2noc(-c3ccc(OCC(=O)Nc4cc(C)ccc4C)cc3)n2)cc1. The lowest BCUT2D eigenvalue weighted by Gasteiger charge is -2.10. The van der Waals surface area contributed by atoms with Gasteiger partial charge < -0.3 is 14.6 Å². The number of nitrogens with zero attached hydrogens (tertiary/aromatic N) is 2. The molecular formula is C25H23N3O3. The molecule has 1 amide bonds. The summed E-state index contributed by atoms with van der Waals surface area (Å²) in [6, 6.07) is 21.1. The number of carbonyl (C=O) groups is 1. The lowest BCUT2D eigenvalue weighted by molar-refractivity contribution is -0.118. The highest BCUT2D eigenvalue weighted by Crippen LogP contribution is 2.24. The molecule has 4 rings (SSSR count). The number of rotatable bonds is 6. The van der Waals surface area contributed by atoms with Crippen molar-refractivity contribution < 1.29 is 14.1 Å². The van der Waals surface area contributed by atoms with Gasteiger partial charge in [0.1, 0.15) is 5.75 Å². The Balaban J connectivity index is 1.37. The maximum Gasteiger partial charge on any atom is 0.262 e. The molecule has 0 aliphatic heterocycles. The molecule has 0 bridgehead atoms. The van der Waals surface area contributed by atoms with Gasteiger partial charge in [-0.25, -0.2) is 0 Å². The van der Waals surface area contributed by atoms with E-state index in [9.17, 15) is 4.79 Å². The van der Waals surface area contributed by atoms with Crippen LogP contribution in [0.15, 0.2) is 71.3 Å². The average Bonchev–Trinajstić information content (AvgIpc) is 3.26. The molecule has 0 atom stereocenters. The van der Waals surface area contributed by atoms with E-state index in [1.165, 1.54) is 5.56 Å². The van der Waals surface area contributed by atoms with Crippen molar-refractivity contribution in [1.82, 2.24) is 10.1 Å². The highest BCUT2D eigenvalue weighted by Gasteiger charge is 2.11. The number of hydrogen-bond acceptors (Lipinski definition) is 5. The summed E-state index contributed by atoms with van der Waals surface area (Å²) in [6.07, 6.45) is 0. The van der Waals surface area contributed by atoms with Gasteiger partial charge in [-0.2, -0.15) is 4.98 Å². The molecule has 1 N–H and O–H groups in total. The molecule has 6 heteroatoms. The number of anilines is 1. The van der Waals surface area contributed by atoms with E-state index in [1.54, 1.807) is 12.1 Å². The Bertz CT molecular complexity index is 1200. The quantitative estimate of drug-likeness (QED) is 0.461. The molecule has 0 spiro atoms. The zero-order valence-electron chi connectivity index (χ0n) is 17.7. The molecule has 4 aromatic rings. The van der Waals surface area contributed by atoms with E-state index in [2.05, 4.69) is 15.5 Å². The number of hydrogen-bond donors (Lipinski definition) is 1. The van der Waals surface area contributed by atoms with Crippen molar-refractivity contribution in [1.29, 1.82) is 0 Å². The van der Waals surface area contributed by atoms with Crippen LogP contribution in [0.4, 0.5) is 5.69 Å². The molecule has 0 saturated carbocycles. The molecule has 31 heavy (non-hydrogen) atoms. The zero-order chi connectivity index (χ0) is 21.8. The van der Waals surface area contributed by atoms with Crippen molar-refractivity contribution in [2.45, 2.75) is 20.8 Å². The van der Waals surface area contributed by atoms with Crippen LogP contribution in [0.3, 0.4) is 0 Å². The third-order valence-corrected chi connectivity index (χ3v) is 4.87. The van der Waals surface area contributed by atoms with Gasteiger partial charge in [-0.15, -0.1) is 0 Å². The van der Waals surface area contributed by atoms with Gasteiger partial charge in [0.25, 0.3) is 11.8 Å². The van der Waals surface area contributed by atoms with Crippen LogP contribution < -0.4 is 10.1 Å².